The summed E-state index contributed by atoms with van der Waals surface area (Å²) in [4.78, 5) is 5.07. The summed E-state index contributed by atoms with van der Waals surface area (Å²) in [5, 5.41) is 3.86. The normalized spacial score (nSPS) is 12.8. The van der Waals surface area contributed by atoms with Gasteiger partial charge in [0.15, 0.2) is 0 Å². The highest BCUT2D eigenvalue weighted by Crippen LogP contribution is 2.36. The molecule has 0 bridgehead atoms. The van der Waals surface area contributed by atoms with Gasteiger partial charge in [0.05, 0.1) is 16.6 Å². The fourth-order valence-electron chi connectivity index (χ4n) is 4.49. The SMILES string of the molecule is Cc1cccc2c1c1cc(C(C)(C)C)ccc1n1c3cc(C(C)C)ccc3nc21. The van der Waals surface area contributed by atoms with Crippen LogP contribution in [-0.4, -0.2) is 9.38 Å². The molecule has 0 saturated heterocycles. The molecule has 29 heavy (non-hydrogen) atoms. The van der Waals surface area contributed by atoms with E-state index in [1.165, 1.54) is 43.9 Å². The molecule has 0 fully saturated rings. The molecule has 0 N–H and O–H groups in total. The van der Waals surface area contributed by atoms with E-state index < -0.39 is 0 Å². The minimum Gasteiger partial charge on any atom is -0.292 e. The van der Waals surface area contributed by atoms with Crippen LogP contribution in [0.25, 0.3) is 38.4 Å². The lowest BCUT2D eigenvalue weighted by Gasteiger charge is -2.21. The monoisotopic (exact) mass is 380 g/mol. The predicted octanol–water partition coefficient (Wildman–Crippen LogP) is 7.52. The van der Waals surface area contributed by atoms with Gasteiger partial charge in [-0.05, 0) is 64.6 Å². The molecule has 0 saturated carbocycles. The third-order valence-electron chi connectivity index (χ3n) is 6.23. The molecule has 2 aromatic heterocycles. The summed E-state index contributed by atoms with van der Waals surface area (Å²) in [7, 11) is 0. The number of benzene rings is 3. The van der Waals surface area contributed by atoms with Gasteiger partial charge in [-0.3, -0.25) is 4.40 Å². The van der Waals surface area contributed by atoms with Gasteiger partial charge in [0, 0.05) is 10.8 Å². The maximum absolute atomic E-state index is 5.07. The van der Waals surface area contributed by atoms with Gasteiger partial charge in [0.2, 0.25) is 0 Å². The third kappa shape index (κ3) is 2.66. The van der Waals surface area contributed by atoms with Gasteiger partial charge in [-0.25, -0.2) is 4.98 Å². The Morgan fingerprint density at radius 2 is 1.66 bits per heavy atom. The number of hydrogen-bond donors (Lipinski definition) is 0. The van der Waals surface area contributed by atoms with Crippen molar-refractivity contribution in [3.63, 3.8) is 0 Å². The number of aromatic nitrogens is 2. The summed E-state index contributed by atoms with van der Waals surface area (Å²) in [5.41, 5.74) is 8.67. The Balaban J connectivity index is 2.06. The molecule has 2 nitrogen and oxygen atoms in total. The minimum atomic E-state index is 0.111. The molecule has 146 valence electrons. The number of imidazole rings is 1. The quantitative estimate of drug-likeness (QED) is 0.275. The highest BCUT2D eigenvalue weighted by atomic mass is 15.0. The molecule has 2 heteroatoms. The van der Waals surface area contributed by atoms with E-state index in [1.807, 2.05) is 0 Å². The predicted molar refractivity (Wildman–Crippen MR) is 125 cm³/mol. The Morgan fingerprint density at radius 3 is 2.38 bits per heavy atom. The molecule has 0 aliphatic carbocycles. The average Bonchev–Trinajstić information content (AvgIpc) is 3.06. The van der Waals surface area contributed by atoms with Crippen LogP contribution in [0.1, 0.15) is 57.2 Å². The summed E-state index contributed by atoms with van der Waals surface area (Å²) < 4.78 is 2.37. The van der Waals surface area contributed by atoms with Gasteiger partial charge in [-0.2, -0.15) is 0 Å². The highest BCUT2D eigenvalue weighted by molar-refractivity contribution is 6.15. The van der Waals surface area contributed by atoms with Crippen molar-refractivity contribution < 1.29 is 0 Å². The van der Waals surface area contributed by atoms with Gasteiger partial charge in [0.25, 0.3) is 0 Å². The summed E-state index contributed by atoms with van der Waals surface area (Å²) in [6.45, 7) is 13.5. The summed E-state index contributed by atoms with van der Waals surface area (Å²) >= 11 is 0. The summed E-state index contributed by atoms with van der Waals surface area (Å²) in [6.07, 6.45) is 0. The average molecular weight is 381 g/mol. The van der Waals surface area contributed by atoms with Crippen LogP contribution in [0.15, 0.2) is 54.6 Å². The number of pyridine rings is 1. The minimum absolute atomic E-state index is 0.111. The lowest BCUT2D eigenvalue weighted by atomic mass is 9.85. The zero-order chi connectivity index (χ0) is 20.5. The van der Waals surface area contributed by atoms with Crippen LogP contribution in [0.4, 0.5) is 0 Å². The van der Waals surface area contributed by atoms with Crippen molar-refractivity contribution in [2.45, 2.75) is 52.9 Å². The smallest absolute Gasteiger partial charge is 0.146 e. The van der Waals surface area contributed by atoms with Crippen LogP contribution >= 0.6 is 0 Å². The van der Waals surface area contributed by atoms with Crippen LogP contribution < -0.4 is 0 Å². The van der Waals surface area contributed by atoms with E-state index in [4.69, 9.17) is 4.98 Å². The Bertz CT molecular complexity index is 1410. The fourth-order valence-corrected chi connectivity index (χ4v) is 4.49. The maximum atomic E-state index is 5.07. The molecule has 5 aromatic rings. The van der Waals surface area contributed by atoms with E-state index in [0.717, 1.165) is 11.2 Å². The van der Waals surface area contributed by atoms with Crippen molar-refractivity contribution in [3.05, 3.63) is 71.3 Å². The van der Waals surface area contributed by atoms with Crippen molar-refractivity contribution in [3.8, 4) is 0 Å². The second-order valence-electron chi connectivity index (χ2n) is 9.65. The van der Waals surface area contributed by atoms with Crippen LogP contribution in [-0.2, 0) is 5.41 Å². The Kier molecular flexibility index (Phi) is 3.80. The largest absolute Gasteiger partial charge is 0.292 e. The standard InChI is InChI=1S/C27H28N2/c1-16(2)18-10-12-22-24(14-18)29-23-13-11-19(27(4,5)6)15-21(23)25-17(3)8-7-9-20(25)26(29)28-22/h7-16H,1-6H3. The van der Waals surface area contributed by atoms with Gasteiger partial charge in [-0.1, -0.05) is 65.0 Å². The lowest BCUT2D eigenvalue weighted by molar-refractivity contribution is 0.591. The molecular weight excluding hydrogens is 352 g/mol. The van der Waals surface area contributed by atoms with E-state index in [9.17, 15) is 0 Å². The highest BCUT2D eigenvalue weighted by Gasteiger charge is 2.19. The van der Waals surface area contributed by atoms with Crippen molar-refractivity contribution >= 4 is 38.4 Å². The summed E-state index contributed by atoms with van der Waals surface area (Å²) in [5.74, 6) is 0.492. The Hall–Kier alpha value is -2.87. The van der Waals surface area contributed by atoms with Gasteiger partial charge in [-0.15, -0.1) is 0 Å². The van der Waals surface area contributed by atoms with E-state index in [-0.39, 0.29) is 5.41 Å². The molecule has 0 radical (unpaired) electrons. The number of rotatable bonds is 1. The van der Waals surface area contributed by atoms with E-state index in [0.29, 0.717) is 5.92 Å². The zero-order valence-corrected chi connectivity index (χ0v) is 18.2. The van der Waals surface area contributed by atoms with Gasteiger partial charge in [0.1, 0.15) is 5.65 Å². The lowest BCUT2D eigenvalue weighted by Crippen LogP contribution is -2.11. The van der Waals surface area contributed by atoms with Crippen LogP contribution in [0, 0.1) is 6.92 Å². The van der Waals surface area contributed by atoms with Crippen LogP contribution in [0.2, 0.25) is 0 Å². The van der Waals surface area contributed by atoms with E-state index in [1.54, 1.807) is 0 Å². The van der Waals surface area contributed by atoms with E-state index >= 15 is 0 Å². The third-order valence-corrected chi connectivity index (χ3v) is 6.23. The number of aryl methyl sites for hydroxylation is 1. The second-order valence-corrected chi connectivity index (χ2v) is 9.65. The first-order chi connectivity index (χ1) is 13.8. The molecule has 2 heterocycles. The van der Waals surface area contributed by atoms with Crippen molar-refractivity contribution in [1.29, 1.82) is 0 Å². The van der Waals surface area contributed by atoms with Gasteiger partial charge < -0.3 is 0 Å². The first kappa shape index (κ1) is 18.2. The van der Waals surface area contributed by atoms with Crippen molar-refractivity contribution in [1.82, 2.24) is 9.38 Å². The molecule has 0 unspecified atom stereocenters. The van der Waals surface area contributed by atoms with E-state index in [2.05, 4.69) is 101 Å². The van der Waals surface area contributed by atoms with Crippen molar-refractivity contribution in [2.24, 2.45) is 0 Å². The Morgan fingerprint density at radius 1 is 0.862 bits per heavy atom. The fraction of sp³-hybridized carbons (Fsp3) is 0.296. The first-order valence-corrected chi connectivity index (χ1v) is 10.5. The van der Waals surface area contributed by atoms with Crippen LogP contribution in [0.5, 0.6) is 0 Å². The molecule has 0 atom stereocenters. The first-order valence-electron chi connectivity index (χ1n) is 10.5. The summed E-state index contributed by atoms with van der Waals surface area (Å²) in [6, 6.07) is 20.2. The maximum Gasteiger partial charge on any atom is 0.146 e. The zero-order valence-electron chi connectivity index (χ0n) is 18.2. The number of fused-ring (bicyclic) bond motifs is 8. The number of nitrogens with zero attached hydrogens (tertiary/aromatic N) is 2. The molecular formula is C27H28N2. The molecule has 5 rings (SSSR count). The second kappa shape index (κ2) is 6.06. The van der Waals surface area contributed by atoms with Crippen molar-refractivity contribution in [2.75, 3.05) is 0 Å². The molecule has 0 amide bonds. The number of hydrogen-bond acceptors (Lipinski definition) is 1. The molecule has 0 spiro atoms. The molecule has 3 aromatic carbocycles. The van der Waals surface area contributed by atoms with Crippen LogP contribution in [0.3, 0.4) is 0 Å². The molecule has 0 aliphatic heterocycles. The molecule has 0 aliphatic rings. The Labute approximate surface area is 172 Å². The van der Waals surface area contributed by atoms with Gasteiger partial charge >= 0.3 is 0 Å². The topological polar surface area (TPSA) is 17.3 Å².